The molecule has 6 rings (SSSR count). The first kappa shape index (κ1) is 74.5. The van der Waals surface area contributed by atoms with Gasteiger partial charge in [-0.15, -0.1) is 0 Å². The van der Waals surface area contributed by atoms with Crippen LogP contribution in [0.15, 0.2) is 34.1 Å². The number of carbonyl (C=O) groups excluding carboxylic acids is 8. The van der Waals surface area contributed by atoms with Crippen LogP contribution in [0.1, 0.15) is 112 Å². The smallest absolute Gasteiger partial charge is 0.351 e. The molecule has 12 atom stereocenters. The van der Waals surface area contributed by atoms with Crippen LogP contribution in [0.25, 0.3) is 0 Å². The zero-order valence-corrected chi connectivity index (χ0v) is 50.0. The number of hydrogen-bond donors (Lipinski definition) is 8. The predicted octanol–water partition coefficient (Wildman–Crippen LogP) is 1.92. The lowest BCUT2D eigenvalue weighted by molar-refractivity contribution is -0.147. The van der Waals surface area contributed by atoms with Gasteiger partial charge in [0.25, 0.3) is 11.8 Å². The zero-order valence-electron chi connectivity index (χ0n) is 48.4. The van der Waals surface area contributed by atoms with E-state index in [1.54, 1.807) is 11.8 Å². The fourth-order valence-electron chi connectivity index (χ4n) is 8.84. The lowest BCUT2D eigenvalue weighted by Crippen LogP contribution is -2.41. The number of nitrogens with zero attached hydrogens (tertiary/aromatic N) is 4. The van der Waals surface area contributed by atoms with E-state index in [1.165, 1.54) is 31.5 Å². The van der Waals surface area contributed by atoms with Gasteiger partial charge in [0.15, 0.2) is 25.4 Å². The first-order valence-electron chi connectivity index (χ1n) is 28.3. The number of aliphatic hydroxyl groups excluding tert-OH is 4. The van der Waals surface area contributed by atoms with Crippen molar-refractivity contribution in [3.05, 3.63) is 45.5 Å². The van der Waals surface area contributed by atoms with Crippen LogP contribution in [0.4, 0.5) is 29.2 Å². The van der Waals surface area contributed by atoms with Crippen LogP contribution in [0, 0.1) is 23.7 Å². The highest BCUT2D eigenvalue weighted by molar-refractivity contribution is 8.04. The van der Waals surface area contributed by atoms with E-state index < -0.39 is 140 Å². The summed E-state index contributed by atoms with van der Waals surface area (Å²) in [7, 11) is 0. The quantitative estimate of drug-likeness (QED) is 0.0287. The molecule has 8 N–H and O–H groups in total. The summed E-state index contributed by atoms with van der Waals surface area (Å²) in [5, 5.41) is 47.7. The number of alkyl halides is 4. The second kappa shape index (κ2) is 35.5. The van der Waals surface area contributed by atoms with Crippen LogP contribution in [0.2, 0.25) is 0 Å². The molecule has 6 unspecified atom stereocenters. The van der Waals surface area contributed by atoms with E-state index in [0.717, 1.165) is 49.2 Å². The summed E-state index contributed by atoms with van der Waals surface area (Å²) in [4.78, 5) is 132. The predicted molar refractivity (Wildman–Crippen MR) is 309 cm³/mol. The van der Waals surface area contributed by atoms with E-state index >= 15 is 0 Å². The monoisotopic (exact) mass is 1300 g/mol. The molecule has 0 spiro atoms. The molecule has 2 aliphatic heterocycles. The number of amides is 4. The molecule has 2 aromatic heterocycles. The lowest BCUT2D eigenvalue weighted by Gasteiger charge is -2.37. The number of anilines is 2. The van der Waals surface area contributed by atoms with Gasteiger partial charge in [-0.25, -0.2) is 9.59 Å². The third-order valence-corrected chi connectivity index (χ3v) is 18.2. The molecule has 4 aliphatic rings. The minimum absolute atomic E-state index is 0. The van der Waals surface area contributed by atoms with Crippen molar-refractivity contribution in [2.24, 2.45) is 23.7 Å². The summed E-state index contributed by atoms with van der Waals surface area (Å²) in [6.07, 6.45) is -6.74. The van der Waals surface area contributed by atoms with Crippen LogP contribution in [0.5, 0.6) is 0 Å². The molecule has 4 fully saturated rings. The summed E-state index contributed by atoms with van der Waals surface area (Å²) in [6.45, 7) is 4.12. The number of ketones is 2. The molecule has 2 aliphatic carbocycles. The first-order chi connectivity index (χ1) is 41.2. The Labute approximate surface area is 512 Å². The SMILES string of the molecule is C.CC1CCC1C.CCC(CSC1CCC1SCC(CC(=O)CCOCCC(C)=O)C(=O)NCCC(=O)OCC(=O)Nc1ccn([C@H]2O[C@@H](CO)[C@H](O)C2(F)F)c(=O)n1)C(=O)NCCC(=O)OCC(=O)Nc1ccn([C@H]2O[C@@H](CO)[C@H](O)C2(F)F)c(=O)n1. The van der Waals surface area contributed by atoms with Crippen LogP contribution < -0.4 is 32.6 Å². The molecule has 2 aromatic rings. The minimum atomic E-state index is -3.96. The largest absolute Gasteiger partial charge is 0.456 e. The number of nitrogens with one attached hydrogen (secondary N) is 4. The van der Waals surface area contributed by atoms with Crippen LogP contribution in [-0.2, 0) is 62.0 Å². The number of thioether (sulfide) groups is 2. The van der Waals surface area contributed by atoms with E-state index in [0.29, 0.717) is 21.3 Å². The van der Waals surface area contributed by atoms with Gasteiger partial charge in [-0.1, -0.05) is 41.0 Å². The Bertz CT molecular complexity index is 2810. The third kappa shape index (κ3) is 21.6. The maximum atomic E-state index is 14.5. The Morgan fingerprint density at radius 3 is 1.47 bits per heavy atom. The summed E-state index contributed by atoms with van der Waals surface area (Å²) in [6, 6.07) is 1.97. The van der Waals surface area contributed by atoms with Crippen molar-refractivity contribution >= 4 is 82.3 Å². The third-order valence-electron chi connectivity index (χ3n) is 14.9. The number of esters is 2. The van der Waals surface area contributed by atoms with Gasteiger partial charge in [0, 0.05) is 72.7 Å². The van der Waals surface area contributed by atoms with E-state index in [-0.39, 0.29) is 99.0 Å². The standard InChI is InChI=1S/C48H64F4N8O19S2.C6H12.CH4/c1-3-26(41(71)53-12-6-37(67)76-21-35(65)55-33-8-14-59(45(73)57-33)43-47(49,50)39(69)29(19-61)78-43)23-80-31-4-5-32(31)81-24-27(18-28(64)11-17-75-16-10-25(2)63)42(72)54-13-7-38(68)77-22-36(66)56-34-9-15-60(46(74)58-34)44-48(51,52)40(70)30(20-62)79-44;1-5-3-4-6(5)2;/h8-9,14-15,26-27,29-32,39-40,43-44,61-62,69-70H,3-7,10-13,16-24H2,1-2H3,(H,53,71)(H,54,72)(H,55,57,65,73)(H,56,58,66,74);5-6H,3-4H2,1-2H3;1H4/t26?,27?,29-,30-,31?,32?,39-,40-,43-,44-;;/m0../s1. The summed E-state index contributed by atoms with van der Waals surface area (Å²) >= 11 is 3.04. The lowest BCUT2D eigenvalue weighted by atomic mass is 9.77. The Balaban J connectivity index is 0.00000222. The number of halogens is 4. The second-order valence-electron chi connectivity index (χ2n) is 21.4. The molecule has 0 radical (unpaired) electrons. The average Bonchev–Trinajstić information content (AvgIpc) is 2.17. The Morgan fingerprint density at radius 1 is 0.682 bits per heavy atom. The Hall–Kier alpha value is -5.94. The molecular weight excluding hydrogens is 1220 g/mol. The molecular formula is C55H80F4N8O19S2. The van der Waals surface area contributed by atoms with Crippen molar-refractivity contribution < 1.29 is 100 Å². The molecule has 0 aromatic carbocycles. The normalized spacial score (nSPS) is 24.5. The first-order valence-corrected chi connectivity index (χ1v) is 30.4. The van der Waals surface area contributed by atoms with E-state index in [4.69, 9.17) is 23.7 Å². The van der Waals surface area contributed by atoms with Crippen molar-refractivity contribution in [1.29, 1.82) is 0 Å². The van der Waals surface area contributed by atoms with E-state index in [9.17, 15) is 85.9 Å². The second-order valence-corrected chi connectivity index (χ2v) is 23.9. The molecule has 4 heterocycles. The highest BCUT2D eigenvalue weighted by atomic mass is 32.2. The van der Waals surface area contributed by atoms with Crippen LogP contribution >= 0.6 is 23.5 Å². The molecule has 0 bridgehead atoms. The summed E-state index contributed by atoms with van der Waals surface area (Å²) < 4.78 is 83.8. The van der Waals surface area contributed by atoms with Gasteiger partial charge in [-0.2, -0.15) is 51.1 Å². The van der Waals surface area contributed by atoms with Crippen LogP contribution in [0.3, 0.4) is 0 Å². The number of carbonyl (C=O) groups is 8. The molecule has 27 nitrogen and oxygen atoms in total. The maximum absolute atomic E-state index is 14.5. The van der Waals surface area contributed by atoms with Crippen LogP contribution in [-0.4, -0.2) is 198 Å². The molecule has 88 heavy (non-hydrogen) atoms. The number of rotatable bonds is 33. The number of ether oxygens (including phenoxy) is 5. The number of Topliss-reactive ketones (excluding diaryl/α,β-unsaturated/α-hetero) is 2. The van der Waals surface area contributed by atoms with Gasteiger partial charge in [0.2, 0.25) is 24.3 Å². The molecule has 494 valence electrons. The zero-order chi connectivity index (χ0) is 64.2. The fraction of sp³-hybridized carbons (Fsp3) is 0.709. The van der Waals surface area contributed by atoms with Gasteiger partial charge in [0.1, 0.15) is 35.4 Å². The summed E-state index contributed by atoms with van der Waals surface area (Å²) in [5.41, 5.74) is -2.57. The number of hydrogen-bond acceptors (Lipinski definition) is 23. The van der Waals surface area contributed by atoms with Gasteiger partial charge < -0.3 is 65.4 Å². The van der Waals surface area contributed by atoms with Gasteiger partial charge >= 0.3 is 35.2 Å². The summed E-state index contributed by atoms with van der Waals surface area (Å²) in [5.74, 6) is -12.1. The minimum Gasteiger partial charge on any atom is -0.456 e. The highest BCUT2D eigenvalue weighted by Gasteiger charge is 2.60. The van der Waals surface area contributed by atoms with E-state index in [2.05, 4.69) is 45.1 Å². The van der Waals surface area contributed by atoms with Crippen molar-refractivity contribution in [3.8, 4) is 0 Å². The van der Waals surface area contributed by atoms with Gasteiger partial charge in [-0.3, -0.25) is 47.5 Å². The number of aliphatic hydroxyl groups is 4. The van der Waals surface area contributed by atoms with Gasteiger partial charge in [-0.05, 0) is 50.2 Å². The Morgan fingerprint density at radius 2 is 1.10 bits per heavy atom. The highest BCUT2D eigenvalue weighted by Crippen LogP contribution is 2.44. The van der Waals surface area contributed by atoms with E-state index in [1.807, 2.05) is 6.92 Å². The van der Waals surface area contributed by atoms with Crippen molar-refractivity contribution in [3.63, 3.8) is 0 Å². The topological polar surface area (TPSA) is 382 Å². The van der Waals surface area contributed by atoms with Crippen molar-refractivity contribution in [2.75, 3.05) is 74.9 Å². The van der Waals surface area contributed by atoms with Gasteiger partial charge in [0.05, 0.1) is 45.2 Å². The molecule has 4 amide bonds. The Kier molecular flexibility index (Phi) is 30.0. The average molecular weight is 1300 g/mol. The number of aromatic nitrogens is 4. The van der Waals surface area contributed by atoms with Crippen molar-refractivity contribution in [1.82, 2.24) is 29.7 Å². The molecule has 33 heteroatoms. The fourth-order valence-corrected chi connectivity index (χ4v) is 12.2. The van der Waals surface area contributed by atoms with Crippen molar-refractivity contribution in [2.45, 2.75) is 159 Å². The molecule has 2 saturated carbocycles. The maximum Gasteiger partial charge on any atom is 0.351 e. The molecule has 2 saturated heterocycles.